The maximum absolute atomic E-state index is 13.0. The summed E-state index contributed by atoms with van der Waals surface area (Å²) in [5, 5.41) is 15.1. The lowest BCUT2D eigenvalue weighted by molar-refractivity contribution is -0.135. The van der Waals surface area contributed by atoms with E-state index < -0.39 is 5.60 Å². The van der Waals surface area contributed by atoms with Crippen LogP contribution in [0.1, 0.15) is 43.7 Å². The van der Waals surface area contributed by atoms with Gasteiger partial charge >= 0.3 is 0 Å². The fourth-order valence-electron chi connectivity index (χ4n) is 5.55. The topological polar surface area (TPSA) is 80.3 Å². The van der Waals surface area contributed by atoms with E-state index in [0.717, 1.165) is 31.2 Å². The van der Waals surface area contributed by atoms with Crippen LogP contribution in [0.5, 0.6) is 17.2 Å². The van der Waals surface area contributed by atoms with Crippen LogP contribution in [-0.4, -0.2) is 55.9 Å². The van der Waals surface area contributed by atoms with Gasteiger partial charge in [0.25, 0.3) is 0 Å². The van der Waals surface area contributed by atoms with Gasteiger partial charge < -0.3 is 24.6 Å². The summed E-state index contributed by atoms with van der Waals surface area (Å²) >= 11 is 5.97. The normalized spacial score (nSPS) is 24.7. The molecule has 1 aliphatic carbocycles. The van der Waals surface area contributed by atoms with E-state index in [-0.39, 0.29) is 24.4 Å². The van der Waals surface area contributed by atoms with Crippen molar-refractivity contribution in [1.29, 1.82) is 0 Å². The smallest absolute Gasteiger partial charge is 0.238 e. The molecule has 0 bridgehead atoms. The third kappa shape index (κ3) is 4.97. The first-order valence-electron chi connectivity index (χ1n) is 11.7. The van der Waals surface area contributed by atoms with Crippen LogP contribution < -0.4 is 19.5 Å². The number of fused-ring (bicyclic) bond motifs is 1. The van der Waals surface area contributed by atoms with Crippen LogP contribution in [0, 0.1) is 5.92 Å². The van der Waals surface area contributed by atoms with Crippen LogP contribution in [0.3, 0.4) is 0 Å². The predicted octanol–water partition coefficient (Wildman–Crippen LogP) is 4.67. The molecule has 2 aliphatic rings. The Labute approximate surface area is 205 Å². The number of amides is 1. The molecule has 0 spiro atoms. The lowest BCUT2D eigenvalue weighted by atomic mass is 9.66. The van der Waals surface area contributed by atoms with E-state index in [9.17, 15) is 9.90 Å². The summed E-state index contributed by atoms with van der Waals surface area (Å²) in [6.45, 7) is 0.818. The van der Waals surface area contributed by atoms with Crippen molar-refractivity contribution in [3.8, 4) is 17.2 Å². The number of likely N-dealkylation sites (tertiary alicyclic amines) is 1. The molecule has 2 aromatic rings. The van der Waals surface area contributed by atoms with Crippen molar-refractivity contribution in [2.75, 3.05) is 39.7 Å². The van der Waals surface area contributed by atoms with Crippen molar-refractivity contribution in [3.05, 3.63) is 47.0 Å². The fourth-order valence-corrected chi connectivity index (χ4v) is 5.68. The number of piperidine rings is 1. The zero-order valence-electron chi connectivity index (χ0n) is 20.0. The Morgan fingerprint density at radius 3 is 2.38 bits per heavy atom. The minimum atomic E-state index is -0.744. The number of hydrogen-bond acceptors (Lipinski definition) is 6. The minimum Gasteiger partial charge on any atom is -0.493 e. The molecule has 184 valence electrons. The molecular formula is C26H33ClN2O5. The number of rotatable bonds is 7. The van der Waals surface area contributed by atoms with Crippen molar-refractivity contribution in [3.63, 3.8) is 0 Å². The molecule has 3 atom stereocenters. The van der Waals surface area contributed by atoms with E-state index in [1.165, 1.54) is 0 Å². The number of methoxy groups -OCH3 is 3. The molecule has 1 heterocycles. The van der Waals surface area contributed by atoms with Gasteiger partial charge in [-0.1, -0.05) is 24.4 Å². The molecule has 1 amide bonds. The van der Waals surface area contributed by atoms with Crippen LogP contribution in [-0.2, 0) is 4.79 Å². The summed E-state index contributed by atoms with van der Waals surface area (Å²) in [6.07, 6.45) is 4.40. The van der Waals surface area contributed by atoms with Crippen LogP contribution >= 0.6 is 11.6 Å². The zero-order chi connectivity index (χ0) is 24.3. The zero-order valence-corrected chi connectivity index (χ0v) is 20.7. The maximum atomic E-state index is 13.0. The Morgan fingerprint density at radius 2 is 1.76 bits per heavy atom. The van der Waals surface area contributed by atoms with Gasteiger partial charge in [-0.25, -0.2) is 0 Å². The first-order valence-corrected chi connectivity index (χ1v) is 12.1. The van der Waals surface area contributed by atoms with E-state index in [0.29, 0.717) is 40.9 Å². The van der Waals surface area contributed by atoms with Gasteiger partial charge in [0.1, 0.15) is 0 Å². The molecule has 1 saturated heterocycles. The number of nitrogens with one attached hydrogen (secondary N) is 1. The van der Waals surface area contributed by atoms with E-state index in [1.807, 2.05) is 12.1 Å². The molecule has 1 aliphatic heterocycles. The number of ether oxygens (including phenoxy) is 3. The summed E-state index contributed by atoms with van der Waals surface area (Å²) in [6, 6.07) is 10.8. The lowest BCUT2D eigenvalue weighted by Gasteiger charge is -2.52. The number of carbonyl (C=O) groups is 1. The van der Waals surface area contributed by atoms with Gasteiger partial charge in [0.2, 0.25) is 11.7 Å². The van der Waals surface area contributed by atoms with Crippen LogP contribution in [0.25, 0.3) is 0 Å². The summed E-state index contributed by atoms with van der Waals surface area (Å²) in [5.41, 5.74) is 0.899. The molecular weight excluding hydrogens is 456 g/mol. The van der Waals surface area contributed by atoms with Gasteiger partial charge in [-0.15, -0.1) is 0 Å². The quantitative estimate of drug-likeness (QED) is 0.589. The summed E-state index contributed by atoms with van der Waals surface area (Å²) in [4.78, 5) is 15.2. The Morgan fingerprint density at radius 1 is 1.09 bits per heavy atom. The largest absolute Gasteiger partial charge is 0.493 e. The third-order valence-corrected chi connectivity index (χ3v) is 7.43. The summed E-state index contributed by atoms with van der Waals surface area (Å²) < 4.78 is 16.7. The van der Waals surface area contributed by atoms with Gasteiger partial charge in [0.05, 0.1) is 33.5 Å². The monoisotopic (exact) mass is 488 g/mol. The van der Waals surface area contributed by atoms with Crippen LogP contribution in [0.4, 0.5) is 5.69 Å². The molecule has 0 aromatic heterocycles. The molecule has 0 radical (unpaired) electrons. The molecule has 4 rings (SSSR count). The highest BCUT2D eigenvalue weighted by molar-refractivity contribution is 6.30. The average Bonchev–Trinajstić information content (AvgIpc) is 2.84. The van der Waals surface area contributed by atoms with E-state index in [2.05, 4.69) is 10.2 Å². The number of carbonyl (C=O) groups excluding carboxylic acids is 1. The number of benzene rings is 2. The maximum Gasteiger partial charge on any atom is 0.238 e. The Kier molecular flexibility index (Phi) is 7.55. The predicted molar refractivity (Wildman–Crippen MR) is 132 cm³/mol. The summed E-state index contributed by atoms with van der Waals surface area (Å²) in [7, 11) is 4.76. The van der Waals surface area contributed by atoms with Crippen molar-refractivity contribution in [2.24, 2.45) is 5.92 Å². The van der Waals surface area contributed by atoms with E-state index in [4.69, 9.17) is 25.8 Å². The van der Waals surface area contributed by atoms with Gasteiger partial charge in [-0.3, -0.25) is 9.69 Å². The molecule has 1 saturated carbocycles. The van der Waals surface area contributed by atoms with Gasteiger partial charge in [-0.2, -0.15) is 0 Å². The first kappa shape index (κ1) is 24.6. The molecule has 2 aromatic carbocycles. The fraction of sp³-hybridized carbons (Fsp3) is 0.500. The van der Waals surface area contributed by atoms with Gasteiger partial charge in [0.15, 0.2) is 11.5 Å². The number of anilines is 1. The van der Waals surface area contributed by atoms with Crippen LogP contribution in [0.15, 0.2) is 36.4 Å². The van der Waals surface area contributed by atoms with E-state index >= 15 is 0 Å². The second-order valence-electron chi connectivity index (χ2n) is 9.13. The van der Waals surface area contributed by atoms with Gasteiger partial charge in [-0.05, 0) is 61.2 Å². The molecule has 7 nitrogen and oxygen atoms in total. The molecule has 34 heavy (non-hydrogen) atoms. The highest BCUT2D eigenvalue weighted by atomic mass is 35.5. The second-order valence-corrected chi connectivity index (χ2v) is 9.57. The molecule has 3 unspecified atom stereocenters. The Bertz CT molecular complexity index is 990. The van der Waals surface area contributed by atoms with Crippen molar-refractivity contribution in [2.45, 2.75) is 43.7 Å². The Hall–Kier alpha value is -2.48. The first-order chi connectivity index (χ1) is 16.4. The van der Waals surface area contributed by atoms with Crippen molar-refractivity contribution in [1.82, 2.24) is 4.90 Å². The third-order valence-electron chi connectivity index (χ3n) is 7.17. The SMILES string of the molecule is COc1cc(C2C3CCCCC3(O)CCN2CC(=O)Nc2ccc(Cl)cc2)cc(OC)c1OC. The highest BCUT2D eigenvalue weighted by Crippen LogP contribution is 2.51. The van der Waals surface area contributed by atoms with Crippen LogP contribution in [0.2, 0.25) is 5.02 Å². The van der Waals surface area contributed by atoms with E-state index in [1.54, 1.807) is 45.6 Å². The lowest BCUT2D eigenvalue weighted by Crippen LogP contribution is -2.56. The minimum absolute atomic E-state index is 0.00105. The molecule has 2 fully saturated rings. The number of aliphatic hydroxyl groups is 1. The molecule has 2 N–H and O–H groups in total. The number of halogens is 1. The number of nitrogens with zero attached hydrogens (tertiary/aromatic N) is 1. The summed E-state index contributed by atoms with van der Waals surface area (Å²) in [5.74, 6) is 1.54. The average molecular weight is 489 g/mol. The van der Waals surface area contributed by atoms with Crippen molar-refractivity contribution < 1.29 is 24.1 Å². The molecule has 8 heteroatoms. The Balaban J connectivity index is 1.67. The van der Waals surface area contributed by atoms with Gasteiger partial charge in [0, 0.05) is 29.2 Å². The highest BCUT2D eigenvalue weighted by Gasteiger charge is 2.49. The number of hydrogen-bond donors (Lipinski definition) is 2. The van der Waals surface area contributed by atoms with Crippen molar-refractivity contribution >= 4 is 23.2 Å². The standard InChI is InChI=1S/C26H33ClN2O5/c1-32-21-14-17(15-22(33-2)25(21)34-3)24-20-6-4-5-11-26(20,31)12-13-29(24)16-23(30)28-19-9-7-18(27)8-10-19/h7-10,14-15,20,24,31H,4-6,11-13,16H2,1-3H3,(H,28,30). The second kappa shape index (κ2) is 10.4.